The molecular formula is C22H34O7. The first-order valence-electron chi connectivity index (χ1n) is 10.5. The molecule has 1 aromatic carbocycles. The largest absolute Gasteiger partial charge is 0.489 e. The van der Waals surface area contributed by atoms with Crippen molar-refractivity contribution in [3.63, 3.8) is 0 Å². The summed E-state index contributed by atoms with van der Waals surface area (Å²) in [5, 5.41) is 19.6. The van der Waals surface area contributed by atoms with E-state index in [0.717, 1.165) is 32.1 Å². The first-order valence-corrected chi connectivity index (χ1v) is 10.5. The van der Waals surface area contributed by atoms with Crippen LogP contribution >= 0.6 is 0 Å². The highest BCUT2D eigenvalue weighted by Gasteiger charge is 2.33. The lowest BCUT2D eigenvalue weighted by Gasteiger charge is -2.23. The van der Waals surface area contributed by atoms with Gasteiger partial charge in [-0.25, -0.2) is 9.59 Å². The minimum absolute atomic E-state index is 0.0526. The van der Waals surface area contributed by atoms with Gasteiger partial charge in [0, 0.05) is 5.56 Å². The maximum absolute atomic E-state index is 12.1. The third-order valence-corrected chi connectivity index (χ3v) is 4.48. The van der Waals surface area contributed by atoms with Gasteiger partial charge in [-0.1, -0.05) is 47.0 Å². The molecule has 0 unspecified atom stereocenters. The van der Waals surface area contributed by atoms with Gasteiger partial charge in [0.2, 0.25) is 5.75 Å². The number of ether oxygens (including phenoxy) is 3. The van der Waals surface area contributed by atoms with Crippen LogP contribution in [0.1, 0.15) is 92.5 Å². The van der Waals surface area contributed by atoms with Crippen LogP contribution in [0.15, 0.2) is 0 Å². The van der Waals surface area contributed by atoms with Crippen molar-refractivity contribution in [2.45, 2.75) is 72.6 Å². The number of benzene rings is 1. The lowest BCUT2D eigenvalue weighted by Crippen LogP contribution is -2.18. The van der Waals surface area contributed by atoms with E-state index in [1.807, 2.05) is 20.8 Å². The molecule has 0 aromatic heterocycles. The monoisotopic (exact) mass is 410 g/mol. The van der Waals surface area contributed by atoms with Crippen LogP contribution in [0.4, 0.5) is 0 Å². The molecular weight excluding hydrogens is 376 g/mol. The van der Waals surface area contributed by atoms with Gasteiger partial charge in [-0.15, -0.1) is 0 Å². The fraction of sp³-hybridized carbons (Fsp3) is 0.636. The van der Waals surface area contributed by atoms with Gasteiger partial charge in [-0.05, 0) is 25.7 Å². The second-order valence-corrected chi connectivity index (χ2v) is 6.79. The van der Waals surface area contributed by atoms with Crippen molar-refractivity contribution in [3.05, 3.63) is 16.7 Å². The van der Waals surface area contributed by atoms with Crippen LogP contribution in [0, 0.1) is 0 Å². The molecule has 0 bridgehead atoms. The van der Waals surface area contributed by atoms with Gasteiger partial charge in [0.05, 0.1) is 25.4 Å². The number of carbonyl (C=O) groups is 2. The topological polar surface area (TPSA) is 102 Å². The molecule has 0 aliphatic carbocycles. The highest BCUT2D eigenvalue weighted by Crippen LogP contribution is 2.46. The van der Waals surface area contributed by atoms with E-state index in [-0.39, 0.29) is 35.0 Å². The minimum atomic E-state index is -1.36. The van der Waals surface area contributed by atoms with Gasteiger partial charge in [0.1, 0.15) is 5.56 Å². The maximum Gasteiger partial charge on any atom is 0.340 e. The van der Waals surface area contributed by atoms with Crippen molar-refractivity contribution in [3.8, 4) is 17.2 Å². The van der Waals surface area contributed by atoms with Crippen molar-refractivity contribution in [2.24, 2.45) is 0 Å². The lowest BCUT2D eigenvalue weighted by atomic mass is 9.95. The zero-order chi connectivity index (χ0) is 21.8. The van der Waals surface area contributed by atoms with Crippen LogP contribution in [0.2, 0.25) is 0 Å². The smallest absolute Gasteiger partial charge is 0.340 e. The van der Waals surface area contributed by atoms with E-state index in [0.29, 0.717) is 31.6 Å². The molecule has 164 valence electrons. The van der Waals surface area contributed by atoms with Crippen LogP contribution in [0.3, 0.4) is 0 Å². The number of hydrogen-bond acceptors (Lipinski definition) is 5. The highest BCUT2D eigenvalue weighted by atomic mass is 16.5. The maximum atomic E-state index is 12.1. The summed E-state index contributed by atoms with van der Waals surface area (Å²) in [6.07, 6.45) is 5.22. The predicted molar refractivity (Wildman–Crippen MR) is 111 cm³/mol. The van der Waals surface area contributed by atoms with Crippen molar-refractivity contribution in [1.29, 1.82) is 0 Å². The van der Waals surface area contributed by atoms with Crippen molar-refractivity contribution in [1.82, 2.24) is 0 Å². The van der Waals surface area contributed by atoms with E-state index in [4.69, 9.17) is 14.2 Å². The molecule has 29 heavy (non-hydrogen) atoms. The van der Waals surface area contributed by atoms with Gasteiger partial charge in [0.25, 0.3) is 0 Å². The number of rotatable bonds is 15. The Hall–Kier alpha value is -2.44. The second-order valence-electron chi connectivity index (χ2n) is 6.79. The lowest BCUT2D eigenvalue weighted by molar-refractivity contribution is 0.0644. The van der Waals surface area contributed by atoms with E-state index < -0.39 is 11.9 Å². The summed E-state index contributed by atoms with van der Waals surface area (Å²) in [7, 11) is 0. The van der Waals surface area contributed by atoms with E-state index in [9.17, 15) is 19.8 Å². The molecule has 7 nitrogen and oxygen atoms in total. The average molecular weight is 411 g/mol. The number of carboxylic acids is 2. The zero-order valence-corrected chi connectivity index (χ0v) is 18.0. The molecule has 0 saturated heterocycles. The molecule has 0 aliphatic heterocycles. The van der Waals surface area contributed by atoms with Crippen molar-refractivity contribution >= 4 is 11.9 Å². The summed E-state index contributed by atoms with van der Waals surface area (Å²) in [5.74, 6) is -2.25. The van der Waals surface area contributed by atoms with Crippen LogP contribution < -0.4 is 14.2 Å². The summed E-state index contributed by atoms with van der Waals surface area (Å²) >= 11 is 0. The Morgan fingerprint density at radius 2 is 1.07 bits per heavy atom. The Bertz CT molecular complexity index is 682. The van der Waals surface area contributed by atoms with Gasteiger partial charge < -0.3 is 24.4 Å². The summed E-state index contributed by atoms with van der Waals surface area (Å²) in [5.41, 5.74) is -0.346. The number of unbranched alkanes of at least 4 members (excludes halogenated alkanes) is 3. The van der Waals surface area contributed by atoms with Crippen LogP contribution in [-0.2, 0) is 6.42 Å². The van der Waals surface area contributed by atoms with Crippen LogP contribution in [0.25, 0.3) is 0 Å². The van der Waals surface area contributed by atoms with Gasteiger partial charge >= 0.3 is 11.9 Å². The highest BCUT2D eigenvalue weighted by molar-refractivity contribution is 6.06. The minimum Gasteiger partial charge on any atom is -0.489 e. The summed E-state index contributed by atoms with van der Waals surface area (Å²) in [6.45, 7) is 8.81. The normalized spacial score (nSPS) is 10.6. The SMILES string of the molecule is CCCCOc1c(CC)c(C(=O)O)c(C(=O)O)c(OCCCC)c1OCCCC. The first kappa shape index (κ1) is 24.6. The second kappa shape index (κ2) is 12.9. The third-order valence-electron chi connectivity index (χ3n) is 4.48. The quantitative estimate of drug-likeness (QED) is 0.384. The third kappa shape index (κ3) is 6.54. The fourth-order valence-corrected chi connectivity index (χ4v) is 2.89. The molecule has 1 rings (SSSR count). The van der Waals surface area contributed by atoms with Crippen LogP contribution in [0.5, 0.6) is 17.2 Å². The van der Waals surface area contributed by atoms with Gasteiger partial charge in [-0.3, -0.25) is 0 Å². The molecule has 0 spiro atoms. The molecule has 0 aliphatic rings. The Morgan fingerprint density at radius 1 is 0.655 bits per heavy atom. The van der Waals surface area contributed by atoms with E-state index in [1.54, 1.807) is 6.92 Å². The van der Waals surface area contributed by atoms with Crippen molar-refractivity contribution in [2.75, 3.05) is 19.8 Å². The number of aromatic carboxylic acids is 2. The Balaban J connectivity index is 3.74. The molecule has 7 heteroatoms. The molecule has 0 amide bonds. The van der Waals surface area contributed by atoms with Gasteiger partial charge in [-0.2, -0.15) is 0 Å². The standard InChI is InChI=1S/C22H34O7/c1-5-9-12-27-18-15(8-4)16(21(23)24)17(22(25)26)19(28-13-10-6-2)20(18)29-14-11-7-3/h5-14H2,1-4H3,(H,23,24)(H,25,26). The van der Waals surface area contributed by atoms with Crippen LogP contribution in [-0.4, -0.2) is 42.0 Å². The average Bonchev–Trinajstić information content (AvgIpc) is 2.68. The summed E-state index contributed by atoms with van der Waals surface area (Å²) < 4.78 is 17.7. The van der Waals surface area contributed by atoms with Crippen molar-refractivity contribution < 1.29 is 34.0 Å². The molecule has 0 radical (unpaired) electrons. The fourth-order valence-electron chi connectivity index (χ4n) is 2.89. The Morgan fingerprint density at radius 3 is 1.45 bits per heavy atom. The number of carboxylic acid groups (broad SMARTS) is 2. The van der Waals surface area contributed by atoms with E-state index in [1.165, 1.54) is 0 Å². The van der Waals surface area contributed by atoms with E-state index in [2.05, 4.69) is 0 Å². The predicted octanol–water partition coefficient (Wildman–Crippen LogP) is 5.18. The molecule has 0 atom stereocenters. The Kier molecular flexibility index (Phi) is 10.9. The molecule has 1 aromatic rings. The zero-order valence-electron chi connectivity index (χ0n) is 18.0. The first-order chi connectivity index (χ1) is 13.9. The summed E-state index contributed by atoms with van der Waals surface area (Å²) in [4.78, 5) is 24.1. The molecule has 0 fully saturated rings. The number of hydrogen-bond donors (Lipinski definition) is 2. The summed E-state index contributed by atoms with van der Waals surface area (Å²) in [6, 6.07) is 0. The molecule has 2 N–H and O–H groups in total. The molecule has 0 heterocycles. The Labute approximate surface area is 173 Å². The van der Waals surface area contributed by atoms with Gasteiger partial charge in [0.15, 0.2) is 11.5 Å². The molecule has 0 saturated carbocycles. The van der Waals surface area contributed by atoms with E-state index >= 15 is 0 Å².